The van der Waals surface area contributed by atoms with E-state index in [1.54, 1.807) is 0 Å². The predicted octanol–water partition coefficient (Wildman–Crippen LogP) is 3.65. The van der Waals surface area contributed by atoms with Crippen molar-refractivity contribution in [3.8, 4) is 0 Å². The van der Waals surface area contributed by atoms with Crippen molar-refractivity contribution in [3.05, 3.63) is 42.0 Å². The van der Waals surface area contributed by atoms with Crippen molar-refractivity contribution >= 4 is 24.8 Å². The lowest BCUT2D eigenvalue weighted by Crippen LogP contribution is -1.81. The molecular weight excluding hydrogens is 164 g/mol. The zero-order valence-electron chi connectivity index (χ0n) is 7.12. The van der Waals surface area contributed by atoms with Gasteiger partial charge in [-0.25, -0.2) is 0 Å². The highest BCUT2D eigenvalue weighted by atomic mass is 32.1. The second kappa shape index (κ2) is 4.17. The number of hydrogen-bond donors (Lipinski definition) is 1. The summed E-state index contributed by atoms with van der Waals surface area (Å²) in [5, 5.41) is 0. The van der Waals surface area contributed by atoms with E-state index in [1.165, 1.54) is 5.56 Å². The molecule has 0 fully saturated rings. The Hall–Kier alpha value is -0.950. The zero-order valence-corrected chi connectivity index (χ0v) is 8.01. The van der Waals surface area contributed by atoms with Gasteiger partial charge in [0.25, 0.3) is 0 Å². The Morgan fingerprint density at radius 3 is 2.75 bits per heavy atom. The van der Waals surface area contributed by atoms with E-state index >= 15 is 0 Å². The van der Waals surface area contributed by atoms with Crippen LogP contribution in [0.25, 0.3) is 12.2 Å². The second-order valence-corrected chi connectivity index (χ2v) is 2.97. The van der Waals surface area contributed by atoms with E-state index in [4.69, 9.17) is 0 Å². The maximum Gasteiger partial charge on any atom is 0.0118 e. The first-order valence-corrected chi connectivity index (χ1v) is 4.31. The molecule has 62 valence electrons. The van der Waals surface area contributed by atoms with Crippen LogP contribution in [0, 0.1) is 0 Å². The molecule has 0 saturated heterocycles. The zero-order chi connectivity index (χ0) is 8.97. The molecule has 0 aliphatic carbocycles. The third-order valence-electron chi connectivity index (χ3n) is 1.67. The molecule has 0 amide bonds. The van der Waals surface area contributed by atoms with Gasteiger partial charge in [0.2, 0.25) is 0 Å². The molecule has 0 bridgehead atoms. The summed E-state index contributed by atoms with van der Waals surface area (Å²) in [7, 11) is 0. The summed E-state index contributed by atoms with van der Waals surface area (Å²) < 4.78 is 0. The van der Waals surface area contributed by atoms with Gasteiger partial charge in [0, 0.05) is 4.90 Å². The van der Waals surface area contributed by atoms with Crippen molar-refractivity contribution in [1.82, 2.24) is 0 Å². The van der Waals surface area contributed by atoms with Crippen LogP contribution in [0.5, 0.6) is 0 Å². The molecule has 0 saturated carbocycles. The van der Waals surface area contributed by atoms with E-state index in [1.807, 2.05) is 31.2 Å². The third kappa shape index (κ3) is 1.80. The first kappa shape index (κ1) is 9.14. The lowest BCUT2D eigenvalue weighted by Gasteiger charge is -2.02. The van der Waals surface area contributed by atoms with Gasteiger partial charge in [-0.05, 0) is 24.1 Å². The molecule has 1 aromatic carbocycles. The molecule has 1 heteroatoms. The lowest BCUT2D eigenvalue weighted by molar-refractivity contribution is 1.41. The summed E-state index contributed by atoms with van der Waals surface area (Å²) in [6, 6.07) is 6.01. The number of rotatable bonds is 2. The molecule has 0 radical (unpaired) electrons. The quantitative estimate of drug-likeness (QED) is 0.653. The molecule has 0 unspecified atom stereocenters. The molecule has 0 spiro atoms. The van der Waals surface area contributed by atoms with Crippen LogP contribution < -0.4 is 0 Å². The normalized spacial score (nSPS) is 10.5. The van der Waals surface area contributed by atoms with Crippen LogP contribution in [-0.2, 0) is 0 Å². The molecule has 0 aromatic heterocycles. The lowest BCUT2D eigenvalue weighted by atomic mass is 10.1. The van der Waals surface area contributed by atoms with Gasteiger partial charge in [0.05, 0.1) is 0 Å². The minimum atomic E-state index is 0.973. The Balaban J connectivity index is 3.27. The molecule has 0 heterocycles. The van der Waals surface area contributed by atoms with Crippen LogP contribution >= 0.6 is 12.6 Å². The Labute approximate surface area is 79.0 Å². The summed E-state index contributed by atoms with van der Waals surface area (Å²) in [5.74, 6) is 0. The summed E-state index contributed by atoms with van der Waals surface area (Å²) in [4.78, 5) is 0.973. The molecule has 1 rings (SSSR count). The summed E-state index contributed by atoms with van der Waals surface area (Å²) >= 11 is 4.34. The Kier molecular flexibility index (Phi) is 3.18. The molecule has 0 aliphatic heterocycles. The van der Waals surface area contributed by atoms with Crippen LogP contribution in [0.3, 0.4) is 0 Å². The van der Waals surface area contributed by atoms with Gasteiger partial charge >= 0.3 is 0 Å². The van der Waals surface area contributed by atoms with Crippen LogP contribution in [-0.4, -0.2) is 0 Å². The second-order valence-electron chi connectivity index (χ2n) is 2.48. The van der Waals surface area contributed by atoms with E-state index in [2.05, 4.69) is 31.4 Å². The van der Waals surface area contributed by atoms with Crippen molar-refractivity contribution in [2.45, 2.75) is 11.8 Å². The Morgan fingerprint density at radius 2 is 2.17 bits per heavy atom. The smallest absolute Gasteiger partial charge is 0.0118 e. The summed E-state index contributed by atoms with van der Waals surface area (Å²) in [5.41, 5.74) is 2.26. The van der Waals surface area contributed by atoms with Crippen LogP contribution in [0.2, 0.25) is 0 Å². The van der Waals surface area contributed by atoms with Gasteiger partial charge in [0.15, 0.2) is 0 Å². The average Bonchev–Trinajstić information content (AvgIpc) is 2.05. The van der Waals surface area contributed by atoms with E-state index in [0.29, 0.717) is 0 Å². The molecule has 1 aromatic rings. The fourth-order valence-corrected chi connectivity index (χ4v) is 1.42. The Morgan fingerprint density at radius 1 is 1.42 bits per heavy atom. The number of allylic oxidation sites excluding steroid dienone is 1. The first-order chi connectivity index (χ1) is 5.79. The van der Waals surface area contributed by atoms with E-state index in [9.17, 15) is 0 Å². The fourth-order valence-electron chi connectivity index (χ4n) is 1.12. The van der Waals surface area contributed by atoms with E-state index in [0.717, 1.165) is 10.5 Å². The summed E-state index contributed by atoms with van der Waals surface area (Å²) in [6.07, 6.45) is 5.89. The largest absolute Gasteiger partial charge is 0.143 e. The van der Waals surface area contributed by atoms with Crippen molar-refractivity contribution in [2.75, 3.05) is 0 Å². The standard InChI is InChI=1S/C11H12S/c1-3-6-9-7-5-8-11(12)10(9)4-2/h3-8,12H,2H2,1H3/b6-3-. The van der Waals surface area contributed by atoms with Crippen LogP contribution in [0.4, 0.5) is 0 Å². The predicted molar refractivity (Wildman–Crippen MR) is 58.5 cm³/mol. The average molecular weight is 176 g/mol. The number of thiol groups is 1. The number of benzene rings is 1. The monoisotopic (exact) mass is 176 g/mol. The fraction of sp³-hybridized carbons (Fsp3) is 0.0909. The van der Waals surface area contributed by atoms with Gasteiger partial charge in [-0.3, -0.25) is 0 Å². The van der Waals surface area contributed by atoms with Gasteiger partial charge in [-0.1, -0.05) is 36.9 Å². The molecule has 0 nitrogen and oxygen atoms in total. The maximum absolute atomic E-state index is 4.34. The van der Waals surface area contributed by atoms with Gasteiger partial charge < -0.3 is 0 Å². The van der Waals surface area contributed by atoms with Gasteiger partial charge in [-0.2, -0.15) is 0 Å². The highest BCUT2D eigenvalue weighted by Crippen LogP contribution is 2.20. The van der Waals surface area contributed by atoms with Crippen molar-refractivity contribution in [3.63, 3.8) is 0 Å². The van der Waals surface area contributed by atoms with Gasteiger partial charge in [0.1, 0.15) is 0 Å². The van der Waals surface area contributed by atoms with Crippen molar-refractivity contribution < 1.29 is 0 Å². The highest BCUT2D eigenvalue weighted by molar-refractivity contribution is 7.80. The van der Waals surface area contributed by atoms with Crippen molar-refractivity contribution in [1.29, 1.82) is 0 Å². The minimum Gasteiger partial charge on any atom is -0.143 e. The van der Waals surface area contributed by atoms with E-state index < -0.39 is 0 Å². The first-order valence-electron chi connectivity index (χ1n) is 3.86. The molecule has 0 atom stereocenters. The van der Waals surface area contributed by atoms with Gasteiger partial charge in [-0.15, -0.1) is 12.6 Å². The van der Waals surface area contributed by atoms with E-state index in [-0.39, 0.29) is 0 Å². The highest BCUT2D eigenvalue weighted by Gasteiger charge is 1.97. The number of hydrogen-bond acceptors (Lipinski definition) is 1. The molecule has 0 aliphatic rings. The van der Waals surface area contributed by atoms with Crippen LogP contribution in [0.1, 0.15) is 18.1 Å². The minimum absolute atomic E-state index is 0.973. The molecule has 0 N–H and O–H groups in total. The molecule has 12 heavy (non-hydrogen) atoms. The third-order valence-corrected chi connectivity index (χ3v) is 2.06. The summed E-state index contributed by atoms with van der Waals surface area (Å²) in [6.45, 7) is 5.75. The van der Waals surface area contributed by atoms with Crippen LogP contribution in [0.15, 0.2) is 35.7 Å². The molecular formula is C11H12S. The maximum atomic E-state index is 4.34. The topological polar surface area (TPSA) is 0 Å². The Bertz CT molecular complexity index is 311. The van der Waals surface area contributed by atoms with Crippen molar-refractivity contribution in [2.24, 2.45) is 0 Å². The SMILES string of the molecule is C=Cc1c(S)cccc1/C=C\C.